The highest BCUT2D eigenvalue weighted by Gasteiger charge is 2.17. The van der Waals surface area contributed by atoms with Crippen LogP contribution in [0.5, 0.6) is 5.75 Å². The number of hydrogen-bond acceptors (Lipinski definition) is 2. The maximum absolute atomic E-state index is 12.4. The van der Waals surface area contributed by atoms with Gasteiger partial charge in [-0.1, -0.05) is 51.4 Å². The van der Waals surface area contributed by atoms with Crippen LogP contribution in [0.4, 0.5) is 5.69 Å². The summed E-state index contributed by atoms with van der Waals surface area (Å²) in [5.41, 5.74) is 2.75. The molecule has 2 rings (SSSR count). The number of hydrogen-bond donors (Lipinski definition) is 2. The number of halogens is 1. The number of phenols is 1. The lowest BCUT2D eigenvalue weighted by atomic mass is 9.93. The summed E-state index contributed by atoms with van der Waals surface area (Å²) in [5.74, 6) is 0.366. The molecule has 23 heavy (non-hydrogen) atoms. The lowest BCUT2D eigenvalue weighted by Gasteiger charge is -2.18. The fourth-order valence-electron chi connectivity index (χ4n) is 2.48. The van der Waals surface area contributed by atoms with Gasteiger partial charge in [-0.05, 0) is 47.2 Å². The standard InChI is InChI=1S/C19H22ClNO2/c1-11(2)15-9-13(10-16(12(3)4)18(15)22)21-19(23)14-7-5-6-8-17(14)20/h5-12,22H,1-4H3,(H,21,23). The van der Waals surface area contributed by atoms with E-state index in [2.05, 4.69) is 5.32 Å². The van der Waals surface area contributed by atoms with Crippen LogP contribution in [0.25, 0.3) is 0 Å². The highest BCUT2D eigenvalue weighted by Crippen LogP contribution is 2.36. The lowest BCUT2D eigenvalue weighted by Crippen LogP contribution is -2.13. The van der Waals surface area contributed by atoms with Crippen LogP contribution in [0, 0.1) is 0 Å². The molecule has 2 aromatic carbocycles. The van der Waals surface area contributed by atoms with Crippen LogP contribution in [-0.4, -0.2) is 11.0 Å². The summed E-state index contributed by atoms with van der Waals surface area (Å²) in [6, 6.07) is 10.6. The van der Waals surface area contributed by atoms with Gasteiger partial charge in [-0.15, -0.1) is 0 Å². The molecule has 0 aromatic heterocycles. The third-order valence-corrected chi connectivity index (χ3v) is 4.12. The number of phenolic OH excluding ortho intramolecular Hbond substituents is 1. The molecule has 2 N–H and O–H groups in total. The Kier molecular flexibility index (Phi) is 5.32. The van der Waals surface area contributed by atoms with Crippen LogP contribution in [0.3, 0.4) is 0 Å². The van der Waals surface area contributed by atoms with Crippen LogP contribution < -0.4 is 5.32 Å². The molecular weight excluding hydrogens is 310 g/mol. The monoisotopic (exact) mass is 331 g/mol. The molecule has 0 spiro atoms. The first-order valence-corrected chi connectivity index (χ1v) is 8.11. The van der Waals surface area contributed by atoms with Crippen molar-refractivity contribution in [2.45, 2.75) is 39.5 Å². The van der Waals surface area contributed by atoms with Crippen molar-refractivity contribution in [2.75, 3.05) is 5.32 Å². The Morgan fingerprint density at radius 1 is 1.04 bits per heavy atom. The van der Waals surface area contributed by atoms with Gasteiger partial charge in [0, 0.05) is 5.69 Å². The average molecular weight is 332 g/mol. The number of rotatable bonds is 4. The normalized spacial score (nSPS) is 11.1. The summed E-state index contributed by atoms with van der Waals surface area (Å²) in [5, 5.41) is 13.7. The van der Waals surface area contributed by atoms with Gasteiger partial charge < -0.3 is 10.4 Å². The fourth-order valence-corrected chi connectivity index (χ4v) is 2.70. The lowest BCUT2D eigenvalue weighted by molar-refractivity contribution is 0.102. The van der Waals surface area contributed by atoms with Crippen molar-refractivity contribution >= 4 is 23.2 Å². The molecule has 0 unspecified atom stereocenters. The smallest absolute Gasteiger partial charge is 0.257 e. The quantitative estimate of drug-likeness (QED) is 0.722. The van der Waals surface area contributed by atoms with E-state index in [1.807, 2.05) is 39.8 Å². The molecular formula is C19H22ClNO2. The molecule has 0 radical (unpaired) electrons. The number of nitrogens with one attached hydrogen (secondary N) is 1. The Hall–Kier alpha value is -2.00. The maximum Gasteiger partial charge on any atom is 0.257 e. The maximum atomic E-state index is 12.4. The zero-order chi connectivity index (χ0) is 17.1. The number of carbonyl (C=O) groups excluding carboxylic acids is 1. The van der Waals surface area contributed by atoms with E-state index in [1.165, 1.54) is 0 Å². The first-order valence-electron chi connectivity index (χ1n) is 7.74. The van der Waals surface area contributed by atoms with Gasteiger partial charge in [-0.2, -0.15) is 0 Å². The minimum atomic E-state index is -0.259. The summed E-state index contributed by atoms with van der Waals surface area (Å²) < 4.78 is 0. The fraction of sp³-hybridized carbons (Fsp3) is 0.316. The average Bonchev–Trinajstić information content (AvgIpc) is 2.48. The van der Waals surface area contributed by atoms with Crippen molar-refractivity contribution in [2.24, 2.45) is 0 Å². The molecule has 0 aliphatic heterocycles. The van der Waals surface area contributed by atoms with Crippen molar-refractivity contribution in [3.63, 3.8) is 0 Å². The minimum Gasteiger partial charge on any atom is -0.507 e. The van der Waals surface area contributed by atoms with E-state index in [-0.39, 0.29) is 17.7 Å². The summed E-state index contributed by atoms with van der Waals surface area (Å²) in [6.45, 7) is 8.05. The molecule has 0 aliphatic carbocycles. The van der Waals surface area contributed by atoms with Gasteiger partial charge in [0.05, 0.1) is 10.6 Å². The molecule has 0 saturated carbocycles. The second-order valence-corrected chi connectivity index (χ2v) is 6.65. The molecule has 4 heteroatoms. The molecule has 0 saturated heterocycles. The van der Waals surface area contributed by atoms with E-state index in [9.17, 15) is 9.90 Å². The van der Waals surface area contributed by atoms with Gasteiger partial charge in [-0.3, -0.25) is 4.79 Å². The zero-order valence-corrected chi connectivity index (χ0v) is 14.6. The molecule has 0 fully saturated rings. The Labute approximate surface area is 142 Å². The van der Waals surface area contributed by atoms with Crippen molar-refractivity contribution in [3.8, 4) is 5.75 Å². The Bertz CT molecular complexity index is 694. The Morgan fingerprint density at radius 2 is 1.57 bits per heavy atom. The number of anilines is 1. The van der Waals surface area contributed by atoms with Crippen LogP contribution in [0.1, 0.15) is 61.0 Å². The largest absolute Gasteiger partial charge is 0.507 e. The van der Waals surface area contributed by atoms with Crippen molar-refractivity contribution < 1.29 is 9.90 Å². The van der Waals surface area contributed by atoms with Gasteiger partial charge in [-0.25, -0.2) is 0 Å². The number of amides is 1. The van der Waals surface area contributed by atoms with Crippen LogP contribution in [-0.2, 0) is 0 Å². The number of carbonyl (C=O) groups is 1. The van der Waals surface area contributed by atoms with Gasteiger partial charge in [0.25, 0.3) is 5.91 Å². The molecule has 0 atom stereocenters. The number of benzene rings is 2. The summed E-state index contributed by atoms with van der Waals surface area (Å²) in [7, 11) is 0. The van der Waals surface area contributed by atoms with Crippen LogP contribution in [0.15, 0.2) is 36.4 Å². The molecule has 0 bridgehead atoms. The van der Waals surface area contributed by atoms with Gasteiger partial charge in [0.15, 0.2) is 0 Å². The topological polar surface area (TPSA) is 49.3 Å². The SMILES string of the molecule is CC(C)c1cc(NC(=O)c2ccccc2Cl)cc(C(C)C)c1O. The van der Waals surface area contributed by atoms with Crippen LogP contribution in [0.2, 0.25) is 5.02 Å². The predicted molar refractivity (Wildman–Crippen MR) is 95.7 cm³/mol. The van der Waals surface area contributed by atoms with Gasteiger partial charge >= 0.3 is 0 Å². The first-order chi connectivity index (χ1) is 10.8. The molecule has 0 heterocycles. The van der Waals surface area contributed by atoms with Gasteiger partial charge in [0.1, 0.15) is 5.75 Å². The van der Waals surface area contributed by atoms with E-state index in [0.29, 0.717) is 22.0 Å². The van der Waals surface area contributed by atoms with Crippen LogP contribution >= 0.6 is 11.6 Å². The van der Waals surface area contributed by atoms with E-state index in [4.69, 9.17) is 11.6 Å². The van der Waals surface area contributed by atoms with E-state index >= 15 is 0 Å². The zero-order valence-electron chi connectivity index (χ0n) is 13.9. The second kappa shape index (κ2) is 7.05. The molecule has 3 nitrogen and oxygen atoms in total. The van der Waals surface area contributed by atoms with Crippen molar-refractivity contribution in [1.82, 2.24) is 0 Å². The summed E-state index contributed by atoms with van der Waals surface area (Å²) in [4.78, 5) is 12.4. The van der Waals surface area contributed by atoms with Crippen molar-refractivity contribution in [3.05, 3.63) is 58.1 Å². The third-order valence-electron chi connectivity index (χ3n) is 3.79. The predicted octanol–water partition coefficient (Wildman–Crippen LogP) is 5.54. The second-order valence-electron chi connectivity index (χ2n) is 6.25. The Balaban J connectivity index is 2.40. The molecule has 0 aliphatic rings. The van der Waals surface area contributed by atoms with E-state index < -0.39 is 0 Å². The molecule has 1 amide bonds. The minimum absolute atomic E-state index is 0.157. The van der Waals surface area contributed by atoms with E-state index in [0.717, 1.165) is 11.1 Å². The van der Waals surface area contributed by atoms with Crippen molar-refractivity contribution in [1.29, 1.82) is 0 Å². The number of aromatic hydroxyl groups is 1. The van der Waals surface area contributed by atoms with Gasteiger partial charge in [0.2, 0.25) is 0 Å². The highest BCUT2D eigenvalue weighted by atomic mass is 35.5. The van der Waals surface area contributed by atoms with E-state index in [1.54, 1.807) is 24.3 Å². The summed E-state index contributed by atoms with van der Waals surface area (Å²) >= 11 is 6.07. The molecule has 2 aromatic rings. The first kappa shape index (κ1) is 17.4. The Morgan fingerprint density at radius 3 is 2.04 bits per heavy atom. The molecule has 122 valence electrons. The third kappa shape index (κ3) is 3.85. The highest BCUT2D eigenvalue weighted by molar-refractivity contribution is 6.34. The summed E-state index contributed by atoms with van der Waals surface area (Å²) in [6.07, 6.45) is 0.